The van der Waals surface area contributed by atoms with Crippen LogP contribution in [0, 0.1) is 13.8 Å². The third-order valence-electron chi connectivity index (χ3n) is 3.48. The highest BCUT2D eigenvalue weighted by Gasteiger charge is 2.12. The summed E-state index contributed by atoms with van der Waals surface area (Å²) in [4.78, 5) is 23.8. The van der Waals surface area contributed by atoms with Crippen LogP contribution in [0.5, 0.6) is 5.75 Å². The molecular weight excluding hydrogens is 292 g/mol. The van der Waals surface area contributed by atoms with E-state index in [1.807, 2.05) is 32.9 Å². The van der Waals surface area contributed by atoms with Crippen LogP contribution < -0.4 is 4.74 Å². The second kappa shape index (κ2) is 7.58. The molecule has 0 saturated heterocycles. The van der Waals surface area contributed by atoms with E-state index in [-0.39, 0.29) is 5.97 Å². The smallest absolute Gasteiger partial charge is 0.343 e. The summed E-state index contributed by atoms with van der Waals surface area (Å²) in [6, 6.07) is 11.7. The first-order valence-electron chi connectivity index (χ1n) is 7.58. The van der Waals surface area contributed by atoms with E-state index < -0.39 is 5.97 Å². The van der Waals surface area contributed by atoms with Crippen LogP contribution >= 0.6 is 0 Å². The van der Waals surface area contributed by atoms with Crippen LogP contribution in [-0.4, -0.2) is 18.5 Å². The van der Waals surface area contributed by atoms with E-state index >= 15 is 0 Å². The number of ether oxygens (including phenoxy) is 2. The standard InChI is InChI=1S/C19H20O4/c1-4-11-22-18(20)15-6-8-16(9-7-15)19(21)23-17-10-5-13(2)14(3)12-17/h5-10,12H,4,11H2,1-3H3. The second-order valence-corrected chi connectivity index (χ2v) is 5.35. The van der Waals surface area contributed by atoms with Crippen molar-refractivity contribution in [3.8, 4) is 5.75 Å². The summed E-state index contributed by atoms with van der Waals surface area (Å²) >= 11 is 0. The zero-order chi connectivity index (χ0) is 16.8. The van der Waals surface area contributed by atoms with Crippen molar-refractivity contribution in [1.82, 2.24) is 0 Å². The lowest BCUT2D eigenvalue weighted by atomic mass is 10.1. The fraction of sp³-hybridized carbons (Fsp3) is 0.263. The van der Waals surface area contributed by atoms with E-state index in [1.165, 1.54) is 0 Å². The first-order chi connectivity index (χ1) is 11.0. The molecule has 0 amide bonds. The average Bonchev–Trinajstić information content (AvgIpc) is 2.56. The SMILES string of the molecule is CCCOC(=O)c1ccc(C(=O)Oc2ccc(C)c(C)c2)cc1. The summed E-state index contributed by atoms with van der Waals surface area (Å²) in [5, 5.41) is 0. The van der Waals surface area contributed by atoms with Gasteiger partial charge in [0.05, 0.1) is 17.7 Å². The molecule has 0 aliphatic rings. The fourth-order valence-corrected chi connectivity index (χ4v) is 1.96. The summed E-state index contributed by atoms with van der Waals surface area (Å²) in [5.41, 5.74) is 3.00. The fourth-order valence-electron chi connectivity index (χ4n) is 1.96. The molecule has 0 heterocycles. The molecule has 4 heteroatoms. The Bertz CT molecular complexity index is 702. The molecule has 2 aromatic carbocycles. The van der Waals surface area contributed by atoms with E-state index in [4.69, 9.17) is 9.47 Å². The molecular formula is C19H20O4. The van der Waals surface area contributed by atoms with Crippen LogP contribution in [0.3, 0.4) is 0 Å². The number of hydrogen-bond acceptors (Lipinski definition) is 4. The minimum Gasteiger partial charge on any atom is -0.462 e. The van der Waals surface area contributed by atoms with E-state index in [0.29, 0.717) is 23.5 Å². The highest BCUT2D eigenvalue weighted by atomic mass is 16.5. The number of hydrogen-bond donors (Lipinski definition) is 0. The molecule has 0 aromatic heterocycles. The molecule has 0 spiro atoms. The molecule has 0 aliphatic heterocycles. The number of carbonyl (C=O) groups is 2. The Morgan fingerprint density at radius 3 is 2.04 bits per heavy atom. The average molecular weight is 312 g/mol. The van der Waals surface area contributed by atoms with Gasteiger partial charge in [0.25, 0.3) is 0 Å². The second-order valence-electron chi connectivity index (χ2n) is 5.35. The van der Waals surface area contributed by atoms with E-state index in [2.05, 4.69) is 0 Å². The minimum absolute atomic E-state index is 0.384. The number of aryl methyl sites for hydroxylation is 2. The quantitative estimate of drug-likeness (QED) is 0.616. The molecule has 0 atom stereocenters. The monoisotopic (exact) mass is 312 g/mol. The largest absolute Gasteiger partial charge is 0.462 e. The van der Waals surface area contributed by atoms with Gasteiger partial charge in [0, 0.05) is 0 Å². The van der Waals surface area contributed by atoms with Gasteiger partial charge in [-0.3, -0.25) is 0 Å². The van der Waals surface area contributed by atoms with Gasteiger partial charge in [-0.15, -0.1) is 0 Å². The first-order valence-corrected chi connectivity index (χ1v) is 7.58. The van der Waals surface area contributed by atoms with Crippen molar-refractivity contribution in [2.45, 2.75) is 27.2 Å². The van der Waals surface area contributed by atoms with Gasteiger partial charge in [0.1, 0.15) is 5.75 Å². The molecule has 0 saturated carbocycles. The molecule has 2 rings (SSSR count). The van der Waals surface area contributed by atoms with Crippen LogP contribution in [0.1, 0.15) is 45.2 Å². The Hall–Kier alpha value is -2.62. The molecule has 0 aliphatic carbocycles. The van der Waals surface area contributed by atoms with Crippen LogP contribution in [0.4, 0.5) is 0 Å². The summed E-state index contributed by atoms with van der Waals surface area (Å²) in [5.74, 6) is -0.341. The predicted octanol–water partition coefficient (Wildman–Crippen LogP) is 4.09. The van der Waals surface area contributed by atoms with Gasteiger partial charge in [0.2, 0.25) is 0 Å². The maximum atomic E-state index is 12.1. The molecule has 23 heavy (non-hydrogen) atoms. The first kappa shape index (κ1) is 16.7. The minimum atomic E-state index is -0.457. The molecule has 0 fully saturated rings. The predicted molar refractivity (Wildman–Crippen MR) is 87.9 cm³/mol. The van der Waals surface area contributed by atoms with E-state index in [9.17, 15) is 9.59 Å². The molecule has 0 bridgehead atoms. The van der Waals surface area contributed by atoms with E-state index in [0.717, 1.165) is 17.5 Å². The maximum absolute atomic E-state index is 12.1. The van der Waals surface area contributed by atoms with Gasteiger partial charge in [0.15, 0.2) is 0 Å². The molecule has 2 aromatic rings. The Balaban J connectivity index is 2.05. The van der Waals surface area contributed by atoms with Crippen molar-refractivity contribution in [3.63, 3.8) is 0 Å². The van der Waals surface area contributed by atoms with Crippen molar-refractivity contribution in [3.05, 3.63) is 64.7 Å². The molecule has 120 valence electrons. The van der Waals surface area contributed by atoms with Gasteiger partial charge in [-0.25, -0.2) is 9.59 Å². The highest BCUT2D eigenvalue weighted by molar-refractivity contribution is 5.94. The van der Waals surface area contributed by atoms with Gasteiger partial charge >= 0.3 is 11.9 Å². The lowest BCUT2D eigenvalue weighted by molar-refractivity contribution is 0.0504. The third kappa shape index (κ3) is 4.42. The van der Waals surface area contributed by atoms with Gasteiger partial charge < -0.3 is 9.47 Å². The molecule has 0 unspecified atom stereocenters. The lowest BCUT2D eigenvalue weighted by Gasteiger charge is -2.07. The zero-order valence-electron chi connectivity index (χ0n) is 13.6. The van der Waals surface area contributed by atoms with Crippen molar-refractivity contribution in [1.29, 1.82) is 0 Å². The van der Waals surface area contributed by atoms with Crippen LogP contribution in [0.15, 0.2) is 42.5 Å². The summed E-state index contributed by atoms with van der Waals surface area (Å²) in [7, 11) is 0. The highest BCUT2D eigenvalue weighted by Crippen LogP contribution is 2.18. The van der Waals surface area contributed by atoms with Crippen molar-refractivity contribution < 1.29 is 19.1 Å². The Kier molecular flexibility index (Phi) is 5.52. The van der Waals surface area contributed by atoms with Gasteiger partial charge in [-0.2, -0.15) is 0 Å². The van der Waals surface area contributed by atoms with E-state index in [1.54, 1.807) is 30.3 Å². The number of carbonyl (C=O) groups excluding carboxylic acids is 2. The number of rotatable bonds is 5. The topological polar surface area (TPSA) is 52.6 Å². The number of benzene rings is 2. The lowest BCUT2D eigenvalue weighted by Crippen LogP contribution is -2.10. The number of esters is 2. The van der Waals surface area contributed by atoms with Crippen LogP contribution in [0.2, 0.25) is 0 Å². The summed E-state index contributed by atoms with van der Waals surface area (Å²) in [6.45, 7) is 6.27. The van der Waals surface area contributed by atoms with Crippen LogP contribution in [-0.2, 0) is 4.74 Å². The van der Waals surface area contributed by atoms with Crippen molar-refractivity contribution in [2.75, 3.05) is 6.61 Å². The zero-order valence-corrected chi connectivity index (χ0v) is 13.6. The summed E-state index contributed by atoms with van der Waals surface area (Å²) in [6.07, 6.45) is 0.770. The third-order valence-corrected chi connectivity index (χ3v) is 3.48. The normalized spacial score (nSPS) is 10.2. The summed E-state index contributed by atoms with van der Waals surface area (Å²) < 4.78 is 10.4. The Morgan fingerprint density at radius 2 is 1.48 bits per heavy atom. The van der Waals surface area contributed by atoms with Crippen molar-refractivity contribution in [2.24, 2.45) is 0 Å². The van der Waals surface area contributed by atoms with Gasteiger partial charge in [-0.05, 0) is 67.8 Å². The molecule has 0 N–H and O–H groups in total. The molecule has 4 nitrogen and oxygen atoms in total. The van der Waals surface area contributed by atoms with Crippen LogP contribution in [0.25, 0.3) is 0 Å². The Labute approximate surface area is 136 Å². The van der Waals surface area contributed by atoms with Crippen molar-refractivity contribution >= 4 is 11.9 Å². The molecule has 0 radical (unpaired) electrons. The Morgan fingerprint density at radius 1 is 0.870 bits per heavy atom. The maximum Gasteiger partial charge on any atom is 0.343 e. The van der Waals surface area contributed by atoms with Gasteiger partial charge in [-0.1, -0.05) is 13.0 Å².